The molecule has 0 bridgehead atoms. The lowest BCUT2D eigenvalue weighted by Crippen LogP contribution is -2.02. The molecule has 5 heteroatoms. The average molecular weight is 254 g/mol. The first-order valence-corrected chi connectivity index (χ1v) is 5.46. The molecule has 2 aromatic rings. The number of hydrogen-bond acceptors (Lipinski definition) is 3. The minimum absolute atomic E-state index is 0.525. The average Bonchev–Trinajstić information content (AvgIpc) is 2.30. The minimum Gasteiger partial charge on any atom is -0.365 e. The topological polar surface area (TPSA) is 37.8 Å². The summed E-state index contributed by atoms with van der Waals surface area (Å²) in [5.74, 6) is 0.693. The maximum atomic E-state index is 6.04. The first-order valence-electron chi connectivity index (χ1n) is 4.70. The number of halogens is 2. The Bertz CT molecular complexity index is 454. The van der Waals surface area contributed by atoms with E-state index in [1.54, 1.807) is 30.7 Å². The van der Waals surface area contributed by atoms with Crippen LogP contribution in [0.25, 0.3) is 0 Å². The molecule has 16 heavy (non-hydrogen) atoms. The van der Waals surface area contributed by atoms with Gasteiger partial charge in [0.15, 0.2) is 0 Å². The molecule has 0 aliphatic rings. The predicted octanol–water partition coefficient (Wildman–Crippen LogP) is 3.40. The zero-order chi connectivity index (χ0) is 11.4. The van der Waals surface area contributed by atoms with Crippen molar-refractivity contribution >= 4 is 29.0 Å². The Kier molecular flexibility index (Phi) is 3.59. The lowest BCUT2D eigenvalue weighted by molar-refractivity contribution is 1.09. The molecule has 1 aromatic carbocycles. The van der Waals surface area contributed by atoms with Crippen molar-refractivity contribution in [2.45, 2.75) is 6.54 Å². The minimum atomic E-state index is 0.525. The van der Waals surface area contributed by atoms with E-state index in [9.17, 15) is 0 Å². The normalized spacial score (nSPS) is 10.1. The molecule has 2 rings (SSSR count). The van der Waals surface area contributed by atoms with Gasteiger partial charge < -0.3 is 5.32 Å². The largest absolute Gasteiger partial charge is 0.365 e. The summed E-state index contributed by atoms with van der Waals surface area (Å²) in [7, 11) is 0. The van der Waals surface area contributed by atoms with Crippen LogP contribution in [0, 0.1) is 0 Å². The lowest BCUT2D eigenvalue weighted by atomic mass is 10.2. The molecule has 3 nitrogen and oxygen atoms in total. The van der Waals surface area contributed by atoms with Gasteiger partial charge in [-0.1, -0.05) is 29.3 Å². The highest BCUT2D eigenvalue weighted by atomic mass is 35.5. The van der Waals surface area contributed by atoms with Gasteiger partial charge in [0.05, 0.1) is 6.20 Å². The fraction of sp³-hybridized carbons (Fsp3) is 0.0909. The van der Waals surface area contributed by atoms with Crippen LogP contribution in [0.1, 0.15) is 5.56 Å². The zero-order valence-electron chi connectivity index (χ0n) is 8.32. The van der Waals surface area contributed by atoms with E-state index in [-0.39, 0.29) is 0 Å². The van der Waals surface area contributed by atoms with Gasteiger partial charge in [-0.25, -0.2) is 4.98 Å². The van der Waals surface area contributed by atoms with Crippen LogP contribution >= 0.6 is 23.2 Å². The number of aromatic nitrogens is 2. The number of benzene rings is 1. The molecule has 1 N–H and O–H groups in total. The van der Waals surface area contributed by atoms with Gasteiger partial charge in [0.2, 0.25) is 0 Å². The van der Waals surface area contributed by atoms with Crippen LogP contribution in [0.2, 0.25) is 10.0 Å². The molecular weight excluding hydrogens is 245 g/mol. The van der Waals surface area contributed by atoms with Crippen molar-refractivity contribution in [3.8, 4) is 0 Å². The molecule has 1 heterocycles. The first-order chi connectivity index (χ1) is 7.77. The SMILES string of the molecule is Clc1cccc(Cl)c1CNc1cnccn1. The van der Waals surface area contributed by atoms with Crippen LogP contribution in [0.3, 0.4) is 0 Å². The quantitative estimate of drug-likeness (QED) is 0.912. The van der Waals surface area contributed by atoms with Crippen LogP contribution in [-0.2, 0) is 6.54 Å². The summed E-state index contributed by atoms with van der Waals surface area (Å²) in [6.45, 7) is 0.525. The zero-order valence-corrected chi connectivity index (χ0v) is 9.83. The maximum absolute atomic E-state index is 6.04. The summed E-state index contributed by atoms with van der Waals surface area (Å²) in [5.41, 5.74) is 0.858. The number of rotatable bonds is 3. The molecule has 0 aliphatic heterocycles. The molecule has 0 fully saturated rings. The third-order valence-electron chi connectivity index (χ3n) is 2.07. The molecule has 1 aromatic heterocycles. The number of nitrogens with zero attached hydrogens (tertiary/aromatic N) is 2. The second-order valence-corrected chi connectivity index (χ2v) is 3.96. The Morgan fingerprint density at radius 3 is 2.50 bits per heavy atom. The van der Waals surface area contributed by atoms with Crippen LogP contribution < -0.4 is 5.32 Å². The van der Waals surface area contributed by atoms with Gasteiger partial charge >= 0.3 is 0 Å². The van der Waals surface area contributed by atoms with E-state index in [0.29, 0.717) is 22.4 Å². The van der Waals surface area contributed by atoms with Gasteiger partial charge in [-0.2, -0.15) is 0 Å². The third-order valence-corrected chi connectivity index (χ3v) is 2.78. The second kappa shape index (κ2) is 5.14. The van der Waals surface area contributed by atoms with Gasteiger partial charge in [-0.3, -0.25) is 4.98 Å². The van der Waals surface area contributed by atoms with Crippen molar-refractivity contribution in [1.29, 1.82) is 0 Å². The summed E-state index contributed by atoms with van der Waals surface area (Å²) in [4.78, 5) is 8.04. The molecule has 0 atom stereocenters. The van der Waals surface area contributed by atoms with Gasteiger partial charge in [0.25, 0.3) is 0 Å². The molecule has 0 spiro atoms. The van der Waals surface area contributed by atoms with Crippen molar-refractivity contribution in [2.75, 3.05) is 5.32 Å². The van der Waals surface area contributed by atoms with E-state index in [1.807, 2.05) is 6.07 Å². The van der Waals surface area contributed by atoms with E-state index in [0.717, 1.165) is 5.56 Å². The second-order valence-electron chi connectivity index (χ2n) is 3.14. The number of anilines is 1. The fourth-order valence-corrected chi connectivity index (χ4v) is 1.80. The summed E-state index contributed by atoms with van der Waals surface area (Å²) in [5, 5.41) is 4.39. The summed E-state index contributed by atoms with van der Waals surface area (Å²) < 4.78 is 0. The molecule has 82 valence electrons. The summed E-state index contributed by atoms with van der Waals surface area (Å²) in [6.07, 6.45) is 4.88. The molecule has 0 saturated heterocycles. The van der Waals surface area contributed by atoms with Gasteiger partial charge in [-0.15, -0.1) is 0 Å². The van der Waals surface area contributed by atoms with Gasteiger partial charge in [0.1, 0.15) is 5.82 Å². The van der Waals surface area contributed by atoms with E-state index in [2.05, 4.69) is 15.3 Å². The molecule has 0 radical (unpaired) electrons. The first kappa shape index (κ1) is 11.2. The Hall–Kier alpha value is -1.32. The highest BCUT2D eigenvalue weighted by Crippen LogP contribution is 2.24. The number of nitrogens with one attached hydrogen (secondary N) is 1. The van der Waals surface area contributed by atoms with E-state index in [4.69, 9.17) is 23.2 Å². The van der Waals surface area contributed by atoms with Crippen molar-refractivity contribution < 1.29 is 0 Å². The van der Waals surface area contributed by atoms with E-state index in [1.165, 1.54) is 0 Å². The van der Waals surface area contributed by atoms with Crippen LogP contribution in [0.4, 0.5) is 5.82 Å². The summed E-state index contributed by atoms with van der Waals surface area (Å²) in [6, 6.07) is 5.43. The number of hydrogen-bond donors (Lipinski definition) is 1. The molecule has 0 aliphatic carbocycles. The van der Waals surface area contributed by atoms with Crippen molar-refractivity contribution in [2.24, 2.45) is 0 Å². The Balaban J connectivity index is 2.11. The van der Waals surface area contributed by atoms with Crippen molar-refractivity contribution in [3.05, 3.63) is 52.4 Å². The van der Waals surface area contributed by atoms with Gasteiger partial charge in [0, 0.05) is 34.5 Å². The Morgan fingerprint density at radius 2 is 1.88 bits per heavy atom. The van der Waals surface area contributed by atoms with Crippen molar-refractivity contribution in [1.82, 2.24) is 9.97 Å². The predicted molar refractivity (Wildman–Crippen MR) is 65.8 cm³/mol. The molecular formula is C11H9Cl2N3. The monoisotopic (exact) mass is 253 g/mol. The van der Waals surface area contributed by atoms with Crippen LogP contribution in [0.5, 0.6) is 0 Å². The van der Waals surface area contributed by atoms with Gasteiger partial charge in [-0.05, 0) is 12.1 Å². The van der Waals surface area contributed by atoms with Crippen LogP contribution in [0.15, 0.2) is 36.8 Å². The third kappa shape index (κ3) is 2.62. The van der Waals surface area contributed by atoms with E-state index < -0.39 is 0 Å². The maximum Gasteiger partial charge on any atom is 0.144 e. The van der Waals surface area contributed by atoms with Crippen molar-refractivity contribution in [3.63, 3.8) is 0 Å². The van der Waals surface area contributed by atoms with E-state index >= 15 is 0 Å². The lowest BCUT2D eigenvalue weighted by Gasteiger charge is -2.08. The Labute approximate surface area is 103 Å². The summed E-state index contributed by atoms with van der Waals surface area (Å²) >= 11 is 12.1. The fourth-order valence-electron chi connectivity index (χ4n) is 1.27. The smallest absolute Gasteiger partial charge is 0.144 e. The van der Waals surface area contributed by atoms with Crippen LogP contribution in [-0.4, -0.2) is 9.97 Å². The standard InChI is InChI=1S/C11H9Cl2N3/c12-9-2-1-3-10(13)8(9)6-16-11-7-14-4-5-15-11/h1-5,7H,6H2,(H,15,16). The highest BCUT2D eigenvalue weighted by Gasteiger charge is 2.04. The molecule has 0 unspecified atom stereocenters. The highest BCUT2D eigenvalue weighted by molar-refractivity contribution is 6.36. The Morgan fingerprint density at radius 1 is 1.12 bits per heavy atom. The molecule has 0 saturated carbocycles. The molecule has 0 amide bonds.